The number of nitrogens with zero attached hydrogens (tertiary/aromatic N) is 1. The van der Waals surface area contributed by atoms with Gasteiger partial charge in [0.25, 0.3) is 0 Å². The molecule has 1 heterocycles. The van der Waals surface area contributed by atoms with E-state index in [-0.39, 0.29) is 24.5 Å². The molecule has 1 aliphatic heterocycles. The topological polar surface area (TPSA) is 72.6 Å². The summed E-state index contributed by atoms with van der Waals surface area (Å²) < 4.78 is 5.27. The largest absolute Gasteiger partial charge is 0.444 e. The van der Waals surface area contributed by atoms with Gasteiger partial charge in [0.05, 0.1) is 0 Å². The molecule has 0 bridgehead atoms. The summed E-state index contributed by atoms with van der Waals surface area (Å²) in [5, 5.41) is 0. The Morgan fingerprint density at radius 2 is 2.06 bits per heavy atom. The van der Waals surface area contributed by atoms with Crippen LogP contribution in [0.2, 0.25) is 0 Å². The lowest BCUT2D eigenvalue weighted by Crippen LogP contribution is -2.41. The van der Waals surface area contributed by atoms with E-state index in [2.05, 4.69) is 0 Å². The molecule has 0 aromatic heterocycles. The third-order valence-corrected chi connectivity index (χ3v) is 2.44. The number of primary amides is 1. The zero-order valence-corrected chi connectivity index (χ0v) is 10.2. The molecule has 0 aliphatic carbocycles. The van der Waals surface area contributed by atoms with E-state index in [0.717, 1.165) is 12.8 Å². The first-order valence-electron chi connectivity index (χ1n) is 5.57. The Balaban J connectivity index is 2.57. The Kier molecular flexibility index (Phi) is 3.78. The van der Waals surface area contributed by atoms with E-state index in [1.807, 2.05) is 20.8 Å². The summed E-state index contributed by atoms with van der Waals surface area (Å²) >= 11 is 0. The van der Waals surface area contributed by atoms with Crippen molar-refractivity contribution in [1.29, 1.82) is 0 Å². The number of nitrogens with two attached hydrogens (primary N) is 1. The van der Waals surface area contributed by atoms with Crippen LogP contribution in [0, 0.1) is 0 Å². The SMILES string of the molecule is CC(C)(C)OC(=O)N1CCC[C@H]1CC(N)=O. The molecule has 0 aromatic rings. The molecule has 2 amide bonds. The quantitative estimate of drug-likeness (QED) is 0.773. The summed E-state index contributed by atoms with van der Waals surface area (Å²) in [5.41, 5.74) is 4.64. The summed E-state index contributed by atoms with van der Waals surface area (Å²) in [7, 11) is 0. The Morgan fingerprint density at radius 1 is 1.44 bits per heavy atom. The average Bonchev–Trinajstić information content (AvgIpc) is 2.47. The zero-order chi connectivity index (χ0) is 12.3. The van der Waals surface area contributed by atoms with Gasteiger partial charge in [0.1, 0.15) is 5.60 Å². The van der Waals surface area contributed by atoms with Gasteiger partial charge < -0.3 is 15.4 Å². The predicted molar refractivity (Wildman–Crippen MR) is 59.8 cm³/mol. The molecule has 5 nitrogen and oxygen atoms in total. The fourth-order valence-electron chi connectivity index (χ4n) is 1.84. The van der Waals surface area contributed by atoms with Gasteiger partial charge in [-0.3, -0.25) is 4.79 Å². The maximum atomic E-state index is 11.8. The second-order valence-electron chi connectivity index (χ2n) is 5.14. The maximum Gasteiger partial charge on any atom is 0.410 e. The summed E-state index contributed by atoms with van der Waals surface area (Å²) in [4.78, 5) is 24.3. The second-order valence-corrected chi connectivity index (χ2v) is 5.14. The normalized spacial score (nSPS) is 20.9. The number of hydrogen-bond donors (Lipinski definition) is 1. The molecule has 1 fully saturated rings. The Bertz CT molecular complexity index is 283. The first kappa shape index (κ1) is 12.8. The maximum absolute atomic E-state index is 11.8. The van der Waals surface area contributed by atoms with E-state index in [0.29, 0.717) is 6.54 Å². The number of carbonyl (C=O) groups is 2. The number of amides is 2. The highest BCUT2D eigenvalue weighted by molar-refractivity contribution is 5.76. The van der Waals surface area contributed by atoms with Gasteiger partial charge in [-0.25, -0.2) is 4.79 Å². The molecule has 0 spiro atoms. The molecule has 0 unspecified atom stereocenters. The zero-order valence-electron chi connectivity index (χ0n) is 10.2. The molecule has 1 atom stereocenters. The minimum Gasteiger partial charge on any atom is -0.444 e. The molecule has 1 saturated heterocycles. The lowest BCUT2D eigenvalue weighted by atomic mass is 10.1. The van der Waals surface area contributed by atoms with Crippen LogP contribution in [-0.4, -0.2) is 35.1 Å². The van der Waals surface area contributed by atoms with Crippen LogP contribution in [0.1, 0.15) is 40.0 Å². The minimum atomic E-state index is -0.503. The van der Waals surface area contributed by atoms with Crippen molar-refractivity contribution in [3.05, 3.63) is 0 Å². The lowest BCUT2D eigenvalue weighted by molar-refractivity contribution is -0.118. The number of rotatable bonds is 2. The standard InChI is InChI=1S/C11H20N2O3/c1-11(2,3)16-10(15)13-6-4-5-8(13)7-9(12)14/h8H,4-7H2,1-3H3,(H2,12,14)/t8-/m0/s1. The number of ether oxygens (including phenoxy) is 1. The van der Waals surface area contributed by atoms with Crippen LogP contribution in [0.3, 0.4) is 0 Å². The van der Waals surface area contributed by atoms with E-state index in [1.165, 1.54) is 0 Å². The number of hydrogen-bond acceptors (Lipinski definition) is 3. The number of likely N-dealkylation sites (tertiary alicyclic amines) is 1. The molecule has 0 aromatic carbocycles. The smallest absolute Gasteiger partial charge is 0.410 e. The van der Waals surface area contributed by atoms with Crippen LogP contribution in [0.5, 0.6) is 0 Å². The Labute approximate surface area is 95.9 Å². The highest BCUT2D eigenvalue weighted by Gasteiger charge is 2.32. The van der Waals surface area contributed by atoms with E-state index in [4.69, 9.17) is 10.5 Å². The van der Waals surface area contributed by atoms with Crippen molar-refractivity contribution >= 4 is 12.0 Å². The van der Waals surface area contributed by atoms with Gasteiger partial charge in [-0.15, -0.1) is 0 Å². The van der Waals surface area contributed by atoms with Crippen molar-refractivity contribution in [2.45, 2.75) is 51.7 Å². The molecule has 1 rings (SSSR count). The molecule has 0 radical (unpaired) electrons. The molecule has 0 saturated carbocycles. The van der Waals surface area contributed by atoms with Crippen molar-refractivity contribution in [3.8, 4) is 0 Å². The van der Waals surface area contributed by atoms with Gasteiger partial charge in [0.15, 0.2) is 0 Å². The molecular weight excluding hydrogens is 208 g/mol. The van der Waals surface area contributed by atoms with Gasteiger partial charge in [-0.05, 0) is 33.6 Å². The summed E-state index contributed by atoms with van der Waals surface area (Å²) in [6.07, 6.45) is 1.59. The van der Waals surface area contributed by atoms with Crippen molar-refractivity contribution in [3.63, 3.8) is 0 Å². The van der Waals surface area contributed by atoms with Gasteiger partial charge in [-0.1, -0.05) is 0 Å². The lowest BCUT2D eigenvalue weighted by Gasteiger charge is -2.28. The van der Waals surface area contributed by atoms with Crippen molar-refractivity contribution in [2.24, 2.45) is 5.73 Å². The monoisotopic (exact) mass is 228 g/mol. The summed E-state index contributed by atoms with van der Waals surface area (Å²) in [6, 6.07) is -0.0904. The molecule has 1 aliphatic rings. The number of carbonyl (C=O) groups excluding carboxylic acids is 2. The fraction of sp³-hybridized carbons (Fsp3) is 0.818. The second kappa shape index (κ2) is 4.72. The summed E-state index contributed by atoms with van der Waals surface area (Å²) in [6.45, 7) is 6.12. The molecule has 5 heteroatoms. The van der Waals surface area contributed by atoms with Crippen LogP contribution in [-0.2, 0) is 9.53 Å². The van der Waals surface area contributed by atoms with Crippen LogP contribution in [0.25, 0.3) is 0 Å². The van der Waals surface area contributed by atoms with Crippen LogP contribution in [0.15, 0.2) is 0 Å². The van der Waals surface area contributed by atoms with Crippen molar-refractivity contribution in [2.75, 3.05) is 6.54 Å². The van der Waals surface area contributed by atoms with Crippen LogP contribution < -0.4 is 5.73 Å². The highest BCUT2D eigenvalue weighted by atomic mass is 16.6. The van der Waals surface area contributed by atoms with E-state index < -0.39 is 5.60 Å². The van der Waals surface area contributed by atoms with Gasteiger partial charge in [-0.2, -0.15) is 0 Å². The van der Waals surface area contributed by atoms with Gasteiger partial charge >= 0.3 is 6.09 Å². The Hall–Kier alpha value is -1.26. The molecule has 92 valence electrons. The van der Waals surface area contributed by atoms with Crippen molar-refractivity contribution < 1.29 is 14.3 Å². The minimum absolute atomic E-state index is 0.0904. The third kappa shape index (κ3) is 3.72. The van der Waals surface area contributed by atoms with Crippen molar-refractivity contribution in [1.82, 2.24) is 4.90 Å². The highest BCUT2D eigenvalue weighted by Crippen LogP contribution is 2.22. The predicted octanol–water partition coefficient (Wildman–Crippen LogP) is 1.26. The Morgan fingerprint density at radius 3 is 2.56 bits per heavy atom. The van der Waals surface area contributed by atoms with Gasteiger partial charge in [0, 0.05) is 19.0 Å². The summed E-state index contributed by atoms with van der Waals surface area (Å²) in [5.74, 6) is -0.375. The molecule has 2 N–H and O–H groups in total. The van der Waals surface area contributed by atoms with Gasteiger partial charge in [0.2, 0.25) is 5.91 Å². The third-order valence-electron chi connectivity index (χ3n) is 2.44. The van der Waals surface area contributed by atoms with E-state index >= 15 is 0 Å². The van der Waals surface area contributed by atoms with E-state index in [9.17, 15) is 9.59 Å². The molecular formula is C11H20N2O3. The van der Waals surface area contributed by atoms with E-state index in [1.54, 1.807) is 4.90 Å². The van der Waals surface area contributed by atoms with Crippen LogP contribution in [0.4, 0.5) is 4.79 Å². The average molecular weight is 228 g/mol. The fourth-order valence-corrected chi connectivity index (χ4v) is 1.84. The first-order valence-corrected chi connectivity index (χ1v) is 5.57. The van der Waals surface area contributed by atoms with Crippen LogP contribution >= 0.6 is 0 Å². The molecule has 16 heavy (non-hydrogen) atoms. The first-order chi connectivity index (χ1) is 7.29.